The van der Waals surface area contributed by atoms with Gasteiger partial charge in [0.2, 0.25) is 0 Å². The van der Waals surface area contributed by atoms with Crippen LogP contribution in [-0.4, -0.2) is 44.5 Å². The smallest absolute Gasteiger partial charge is 0.394 e. The van der Waals surface area contributed by atoms with Gasteiger partial charge in [0.05, 0.1) is 24.9 Å². The lowest BCUT2D eigenvalue weighted by Gasteiger charge is -2.31. The van der Waals surface area contributed by atoms with Crippen LogP contribution < -0.4 is 16.4 Å². The molecule has 1 amide bonds. The molecule has 3 aromatic rings. The van der Waals surface area contributed by atoms with Gasteiger partial charge in [0.25, 0.3) is 5.91 Å². The third-order valence-corrected chi connectivity index (χ3v) is 6.10. The first-order valence-corrected chi connectivity index (χ1v) is 11.2. The second-order valence-corrected chi connectivity index (χ2v) is 8.72. The largest absolute Gasteiger partial charge is 0.433 e. The van der Waals surface area contributed by atoms with E-state index in [1.54, 1.807) is 6.07 Å². The fourth-order valence-corrected chi connectivity index (χ4v) is 4.41. The zero-order valence-electron chi connectivity index (χ0n) is 18.1. The molecule has 2 heterocycles. The first-order valence-electron chi connectivity index (χ1n) is 10.8. The predicted molar refractivity (Wildman–Crippen MR) is 123 cm³/mol. The van der Waals surface area contributed by atoms with Crippen LogP contribution in [0.3, 0.4) is 0 Å². The number of nitrogens with one attached hydrogen (secondary N) is 2. The number of benzene rings is 1. The standard InChI is InChI=1S/C22H24ClF3N6O2/c23-12-4-5-17-15(8-12)18(10-19(31-17)22(24,25)26)29-13-2-1-3-14(9-13)30-21(34)16-11-28-32(6-7-33)20(16)27/h4-5,8,10-11,13-14,33H,1-3,6-7,9,27H2,(H,29,31)(H,30,34)/t13?,14-/m1/s1. The number of amides is 1. The average Bonchev–Trinajstić information content (AvgIpc) is 3.14. The molecule has 4 rings (SSSR count). The number of hydrogen-bond acceptors (Lipinski definition) is 6. The molecule has 0 aliphatic heterocycles. The molecular formula is C22H24ClF3N6O2. The number of aliphatic hydroxyl groups is 1. The number of fused-ring (bicyclic) bond motifs is 1. The number of aliphatic hydroxyl groups excluding tert-OH is 1. The lowest BCUT2D eigenvalue weighted by Crippen LogP contribution is -2.42. The molecule has 1 aliphatic rings. The normalized spacial score (nSPS) is 18.7. The Hall–Kier alpha value is -3.05. The third-order valence-electron chi connectivity index (χ3n) is 5.87. The minimum atomic E-state index is -4.59. The second kappa shape index (κ2) is 9.67. The molecule has 1 fully saturated rings. The quantitative estimate of drug-likeness (QED) is 0.412. The Morgan fingerprint density at radius 1 is 1.26 bits per heavy atom. The Kier molecular flexibility index (Phi) is 6.85. The lowest BCUT2D eigenvalue weighted by atomic mass is 9.90. The number of halogens is 4. The zero-order chi connectivity index (χ0) is 24.5. The van der Waals surface area contributed by atoms with Crippen LogP contribution in [0.25, 0.3) is 10.9 Å². The molecule has 2 aromatic heterocycles. The predicted octanol–water partition coefficient (Wildman–Crippen LogP) is 3.83. The van der Waals surface area contributed by atoms with Crippen LogP contribution in [0.15, 0.2) is 30.5 Å². The van der Waals surface area contributed by atoms with Gasteiger partial charge >= 0.3 is 6.18 Å². The Morgan fingerprint density at radius 2 is 2.03 bits per heavy atom. The average molecular weight is 497 g/mol. The third kappa shape index (κ3) is 5.20. The highest BCUT2D eigenvalue weighted by atomic mass is 35.5. The topological polar surface area (TPSA) is 118 Å². The highest BCUT2D eigenvalue weighted by molar-refractivity contribution is 6.31. The maximum atomic E-state index is 13.4. The molecule has 0 spiro atoms. The number of hydrogen-bond donors (Lipinski definition) is 4. The van der Waals surface area contributed by atoms with Crippen molar-refractivity contribution in [3.05, 3.63) is 46.7 Å². The van der Waals surface area contributed by atoms with Crippen molar-refractivity contribution in [2.45, 2.75) is 50.5 Å². The summed E-state index contributed by atoms with van der Waals surface area (Å²) in [6, 6.07) is 5.18. The number of carbonyl (C=O) groups is 1. The summed E-state index contributed by atoms with van der Waals surface area (Å²) in [4.78, 5) is 16.4. The van der Waals surface area contributed by atoms with Crippen molar-refractivity contribution in [1.29, 1.82) is 0 Å². The maximum Gasteiger partial charge on any atom is 0.433 e. The molecule has 182 valence electrons. The Balaban J connectivity index is 1.51. The first kappa shape index (κ1) is 24.1. The van der Waals surface area contributed by atoms with E-state index in [0.29, 0.717) is 22.5 Å². The van der Waals surface area contributed by atoms with Crippen LogP contribution in [0.2, 0.25) is 5.02 Å². The van der Waals surface area contributed by atoms with Gasteiger partial charge in [-0.25, -0.2) is 9.67 Å². The van der Waals surface area contributed by atoms with E-state index < -0.39 is 11.9 Å². The van der Waals surface area contributed by atoms with E-state index in [4.69, 9.17) is 22.4 Å². The van der Waals surface area contributed by atoms with E-state index in [0.717, 1.165) is 25.3 Å². The van der Waals surface area contributed by atoms with Gasteiger partial charge in [0.15, 0.2) is 0 Å². The van der Waals surface area contributed by atoms with Gasteiger partial charge in [-0.15, -0.1) is 0 Å². The van der Waals surface area contributed by atoms with Crippen molar-refractivity contribution in [2.75, 3.05) is 17.7 Å². The van der Waals surface area contributed by atoms with Gasteiger partial charge in [-0.2, -0.15) is 18.3 Å². The highest BCUT2D eigenvalue weighted by Crippen LogP contribution is 2.35. The van der Waals surface area contributed by atoms with Crippen molar-refractivity contribution in [3.8, 4) is 0 Å². The molecule has 0 bridgehead atoms. The van der Waals surface area contributed by atoms with Gasteiger partial charge in [0, 0.05) is 28.2 Å². The summed E-state index contributed by atoms with van der Waals surface area (Å²) in [5.74, 6) is -0.218. The molecule has 34 heavy (non-hydrogen) atoms. The monoisotopic (exact) mass is 496 g/mol. The molecule has 0 radical (unpaired) electrons. The van der Waals surface area contributed by atoms with Crippen molar-refractivity contribution in [3.63, 3.8) is 0 Å². The van der Waals surface area contributed by atoms with Crippen LogP contribution in [0.4, 0.5) is 24.7 Å². The fraction of sp³-hybridized carbons (Fsp3) is 0.409. The SMILES string of the molecule is Nc1c(C(=O)N[C@@H]2CCCC(Nc3cc(C(F)(F)F)nc4ccc(Cl)cc34)C2)cnn1CCO. The van der Waals surface area contributed by atoms with Gasteiger partial charge in [0.1, 0.15) is 17.1 Å². The minimum absolute atomic E-state index is 0.159. The van der Waals surface area contributed by atoms with Crippen LogP contribution in [0.5, 0.6) is 0 Å². The van der Waals surface area contributed by atoms with E-state index in [1.807, 2.05) is 0 Å². The van der Waals surface area contributed by atoms with Gasteiger partial charge in [-0.3, -0.25) is 4.79 Å². The van der Waals surface area contributed by atoms with Crippen LogP contribution in [-0.2, 0) is 12.7 Å². The molecule has 2 atom stereocenters. The molecule has 1 saturated carbocycles. The van der Waals surface area contributed by atoms with Crippen LogP contribution in [0.1, 0.15) is 41.7 Å². The summed E-state index contributed by atoms with van der Waals surface area (Å²) in [6.07, 6.45) is -0.488. The molecule has 1 aromatic carbocycles. The molecule has 1 aliphatic carbocycles. The number of aromatic nitrogens is 3. The molecular weight excluding hydrogens is 473 g/mol. The number of pyridine rings is 1. The van der Waals surface area contributed by atoms with E-state index in [2.05, 4.69) is 20.7 Å². The number of nitrogens with zero attached hydrogens (tertiary/aromatic N) is 3. The molecule has 1 unspecified atom stereocenters. The molecule has 12 heteroatoms. The summed E-state index contributed by atoms with van der Waals surface area (Å²) in [5.41, 5.74) is 5.67. The van der Waals surface area contributed by atoms with E-state index >= 15 is 0 Å². The van der Waals surface area contributed by atoms with Crippen molar-refractivity contribution >= 4 is 39.9 Å². The van der Waals surface area contributed by atoms with Gasteiger partial charge in [-0.05, 0) is 49.9 Å². The maximum absolute atomic E-state index is 13.4. The second-order valence-electron chi connectivity index (χ2n) is 8.28. The van der Waals surface area contributed by atoms with E-state index in [1.165, 1.54) is 23.0 Å². The number of rotatable bonds is 6. The number of anilines is 2. The highest BCUT2D eigenvalue weighted by Gasteiger charge is 2.34. The number of nitrogens with two attached hydrogens (primary N) is 1. The van der Waals surface area contributed by atoms with Crippen molar-refractivity contribution < 1.29 is 23.1 Å². The summed E-state index contributed by atoms with van der Waals surface area (Å²) in [6.45, 7) is 0.0201. The first-order chi connectivity index (χ1) is 16.2. The van der Waals surface area contributed by atoms with Crippen molar-refractivity contribution in [2.24, 2.45) is 0 Å². The number of alkyl halides is 3. The Bertz CT molecular complexity index is 1200. The van der Waals surface area contributed by atoms with Crippen LogP contribution >= 0.6 is 11.6 Å². The zero-order valence-corrected chi connectivity index (χ0v) is 18.8. The van der Waals surface area contributed by atoms with E-state index in [9.17, 15) is 18.0 Å². The summed E-state index contributed by atoms with van der Waals surface area (Å²) < 4.78 is 41.6. The Morgan fingerprint density at radius 3 is 2.76 bits per heavy atom. The van der Waals surface area contributed by atoms with Gasteiger partial charge < -0.3 is 21.5 Å². The summed E-state index contributed by atoms with van der Waals surface area (Å²) >= 11 is 6.08. The molecule has 8 nitrogen and oxygen atoms in total. The van der Waals surface area contributed by atoms with E-state index in [-0.39, 0.29) is 48.0 Å². The van der Waals surface area contributed by atoms with Gasteiger partial charge in [-0.1, -0.05) is 11.6 Å². The lowest BCUT2D eigenvalue weighted by molar-refractivity contribution is -0.140. The molecule has 5 N–H and O–H groups in total. The summed E-state index contributed by atoms with van der Waals surface area (Å²) in [5, 5.41) is 20.1. The number of carbonyl (C=O) groups excluding carboxylic acids is 1. The summed E-state index contributed by atoms with van der Waals surface area (Å²) in [7, 11) is 0. The minimum Gasteiger partial charge on any atom is -0.394 e. The number of nitrogen functional groups attached to an aromatic ring is 1. The fourth-order valence-electron chi connectivity index (χ4n) is 4.24. The van der Waals surface area contributed by atoms with Crippen LogP contribution in [0, 0.1) is 0 Å². The Labute approximate surface area is 198 Å². The molecule has 0 saturated heterocycles. The van der Waals surface area contributed by atoms with Crippen molar-refractivity contribution in [1.82, 2.24) is 20.1 Å².